The van der Waals surface area contributed by atoms with E-state index in [9.17, 15) is 0 Å². The Kier molecular flexibility index (Phi) is 2.56. The Bertz CT molecular complexity index is 270. The molecule has 2 rings (SSSR count). The lowest BCUT2D eigenvalue weighted by molar-refractivity contribution is 0.321. The van der Waals surface area contributed by atoms with Crippen LogP contribution in [-0.2, 0) is 13.6 Å². The maximum absolute atomic E-state index is 6.01. The Labute approximate surface area is 83.3 Å². The summed E-state index contributed by atoms with van der Waals surface area (Å²) in [6.07, 6.45) is 4.35. The molecule has 2 heterocycles. The molecule has 1 aliphatic heterocycles. The van der Waals surface area contributed by atoms with E-state index >= 15 is 0 Å². The summed E-state index contributed by atoms with van der Waals surface area (Å²) >= 11 is 6.01. The summed E-state index contributed by atoms with van der Waals surface area (Å²) in [6.45, 7) is 3.33. The molecular formula is C9H14ClN3. The third-order valence-corrected chi connectivity index (χ3v) is 2.90. The van der Waals surface area contributed by atoms with Gasteiger partial charge >= 0.3 is 0 Å². The molecule has 1 aromatic heterocycles. The highest BCUT2D eigenvalue weighted by Crippen LogP contribution is 2.18. The molecule has 1 fully saturated rings. The quantitative estimate of drug-likeness (QED) is 0.723. The molecule has 0 atom stereocenters. The fourth-order valence-electron chi connectivity index (χ4n) is 1.77. The predicted octanol–water partition coefficient (Wildman–Crippen LogP) is 1.67. The summed E-state index contributed by atoms with van der Waals surface area (Å²) in [7, 11) is 1.94. The Morgan fingerprint density at radius 1 is 1.46 bits per heavy atom. The first-order valence-corrected chi connectivity index (χ1v) is 5.04. The zero-order chi connectivity index (χ0) is 9.26. The van der Waals surface area contributed by atoms with E-state index in [2.05, 4.69) is 10.00 Å². The van der Waals surface area contributed by atoms with Crippen LogP contribution in [0.3, 0.4) is 0 Å². The third-order valence-electron chi connectivity index (χ3n) is 2.58. The molecule has 0 N–H and O–H groups in total. The summed E-state index contributed by atoms with van der Waals surface area (Å²) in [5.74, 6) is 0. The first-order chi connectivity index (χ1) is 6.27. The number of hydrogen-bond donors (Lipinski definition) is 0. The van der Waals surface area contributed by atoms with Gasteiger partial charge in [-0.3, -0.25) is 9.58 Å². The molecule has 1 saturated heterocycles. The summed E-state index contributed by atoms with van der Waals surface area (Å²) < 4.78 is 1.86. The van der Waals surface area contributed by atoms with Crippen LogP contribution >= 0.6 is 11.6 Å². The number of nitrogens with zero attached hydrogens (tertiary/aromatic N) is 3. The van der Waals surface area contributed by atoms with Gasteiger partial charge in [-0.05, 0) is 25.9 Å². The number of halogens is 1. The fraction of sp³-hybridized carbons (Fsp3) is 0.667. The Morgan fingerprint density at radius 2 is 2.15 bits per heavy atom. The highest BCUT2D eigenvalue weighted by molar-refractivity contribution is 6.31. The standard InChI is InChI=1S/C9H14ClN3/c1-12-9(8(10)6-11-12)7-13-4-2-3-5-13/h6H,2-5,7H2,1H3. The molecule has 1 aromatic rings. The van der Waals surface area contributed by atoms with E-state index < -0.39 is 0 Å². The zero-order valence-corrected chi connectivity index (χ0v) is 8.59. The van der Waals surface area contributed by atoms with Gasteiger partial charge in [-0.2, -0.15) is 5.10 Å². The Morgan fingerprint density at radius 3 is 2.69 bits per heavy atom. The van der Waals surface area contributed by atoms with Crippen LogP contribution in [0.4, 0.5) is 0 Å². The van der Waals surface area contributed by atoms with Crippen molar-refractivity contribution in [2.45, 2.75) is 19.4 Å². The molecule has 0 spiro atoms. The lowest BCUT2D eigenvalue weighted by Crippen LogP contribution is -2.20. The minimum atomic E-state index is 0.786. The van der Waals surface area contributed by atoms with E-state index in [1.54, 1.807) is 6.20 Å². The second-order valence-electron chi connectivity index (χ2n) is 3.55. The molecule has 0 unspecified atom stereocenters. The minimum Gasteiger partial charge on any atom is -0.297 e. The lowest BCUT2D eigenvalue weighted by Gasteiger charge is -2.14. The molecule has 0 radical (unpaired) electrons. The SMILES string of the molecule is Cn1ncc(Cl)c1CN1CCCC1. The molecule has 1 aliphatic rings. The summed E-state index contributed by atoms with van der Waals surface area (Å²) in [4.78, 5) is 2.42. The minimum absolute atomic E-state index is 0.786. The van der Waals surface area contributed by atoms with Crippen LogP contribution < -0.4 is 0 Å². The molecular weight excluding hydrogens is 186 g/mol. The predicted molar refractivity (Wildman–Crippen MR) is 52.7 cm³/mol. The van der Waals surface area contributed by atoms with E-state index in [4.69, 9.17) is 11.6 Å². The van der Waals surface area contributed by atoms with Crippen LogP contribution in [0.25, 0.3) is 0 Å². The molecule has 0 bridgehead atoms. The van der Waals surface area contributed by atoms with E-state index in [1.807, 2.05) is 11.7 Å². The van der Waals surface area contributed by atoms with Crippen LogP contribution in [0.15, 0.2) is 6.20 Å². The van der Waals surface area contributed by atoms with Crippen molar-refractivity contribution in [3.8, 4) is 0 Å². The molecule has 0 aromatic carbocycles. The maximum Gasteiger partial charge on any atom is 0.0831 e. The van der Waals surface area contributed by atoms with Crippen molar-refractivity contribution in [2.24, 2.45) is 7.05 Å². The smallest absolute Gasteiger partial charge is 0.0831 e. The van der Waals surface area contributed by atoms with Crippen LogP contribution in [0.2, 0.25) is 5.02 Å². The number of aromatic nitrogens is 2. The second kappa shape index (κ2) is 3.68. The number of likely N-dealkylation sites (tertiary alicyclic amines) is 1. The second-order valence-corrected chi connectivity index (χ2v) is 3.95. The summed E-state index contributed by atoms with van der Waals surface area (Å²) in [5, 5.41) is 4.90. The highest BCUT2D eigenvalue weighted by Gasteiger charge is 2.15. The van der Waals surface area contributed by atoms with Gasteiger partial charge in [-0.25, -0.2) is 0 Å². The lowest BCUT2D eigenvalue weighted by atomic mass is 10.4. The largest absolute Gasteiger partial charge is 0.297 e. The Balaban J connectivity index is 2.07. The molecule has 0 aliphatic carbocycles. The van der Waals surface area contributed by atoms with Crippen LogP contribution in [0.5, 0.6) is 0 Å². The monoisotopic (exact) mass is 199 g/mol. The topological polar surface area (TPSA) is 21.1 Å². The average molecular weight is 200 g/mol. The molecule has 3 nitrogen and oxygen atoms in total. The van der Waals surface area contributed by atoms with Gasteiger partial charge < -0.3 is 0 Å². The molecule has 0 amide bonds. The first-order valence-electron chi connectivity index (χ1n) is 4.66. The van der Waals surface area contributed by atoms with Crippen LogP contribution in [0.1, 0.15) is 18.5 Å². The van der Waals surface area contributed by atoms with Gasteiger partial charge in [0.15, 0.2) is 0 Å². The van der Waals surface area contributed by atoms with Crippen molar-refractivity contribution < 1.29 is 0 Å². The van der Waals surface area contributed by atoms with Crippen molar-refractivity contribution in [1.82, 2.24) is 14.7 Å². The van der Waals surface area contributed by atoms with Gasteiger partial charge in [0.05, 0.1) is 16.9 Å². The van der Waals surface area contributed by atoms with E-state index in [-0.39, 0.29) is 0 Å². The van der Waals surface area contributed by atoms with Gasteiger partial charge in [0.25, 0.3) is 0 Å². The van der Waals surface area contributed by atoms with Crippen molar-refractivity contribution in [3.05, 3.63) is 16.9 Å². The van der Waals surface area contributed by atoms with Crippen molar-refractivity contribution >= 4 is 11.6 Å². The number of aryl methyl sites for hydroxylation is 1. The highest BCUT2D eigenvalue weighted by atomic mass is 35.5. The zero-order valence-electron chi connectivity index (χ0n) is 7.83. The number of rotatable bonds is 2. The van der Waals surface area contributed by atoms with Gasteiger partial charge in [0.1, 0.15) is 0 Å². The normalized spacial score (nSPS) is 18.3. The average Bonchev–Trinajstić information content (AvgIpc) is 2.70. The maximum atomic E-state index is 6.01. The first kappa shape index (κ1) is 9.03. The van der Waals surface area contributed by atoms with Gasteiger partial charge in [0.2, 0.25) is 0 Å². The summed E-state index contributed by atoms with van der Waals surface area (Å²) in [5.41, 5.74) is 1.13. The fourth-order valence-corrected chi connectivity index (χ4v) is 1.99. The van der Waals surface area contributed by atoms with E-state index in [0.29, 0.717) is 0 Å². The molecule has 72 valence electrons. The molecule has 0 saturated carbocycles. The van der Waals surface area contributed by atoms with Crippen LogP contribution in [-0.4, -0.2) is 27.8 Å². The van der Waals surface area contributed by atoms with Crippen LogP contribution in [0, 0.1) is 0 Å². The third kappa shape index (κ3) is 1.86. The summed E-state index contributed by atoms with van der Waals surface area (Å²) in [6, 6.07) is 0. The van der Waals surface area contributed by atoms with Gasteiger partial charge in [0, 0.05) is 13.6 Å². The van der Waals surface area contributed by atoms with Crippen molar-refractivity contribution in [3.63, 3.8) is 0 Å². The number of hydrogen-bond acceptors (Lipinski definition) is 2. The van der Waals surface area contributed by atoms with Gasteiger partial charge in [-0.15, -0.1) is 0 Å². The molecule has 4 heteroatoms. The molecule has 13 heavy (non-hydrogen) atoms. The van der Waals surface area contributed by atoms with E-state index in [1.165, 1.54) is 25.9 Å². The van der Waals surface area contributed by atoms with Crippen molar-refractivity contribution in [2.75, 3.05) is 13.1 Å². The Hall–Kier alpha value is -0.540. The van der Waals surface area contributed by atoms with Crippen molar-refractivity contribution in [1.29, 1.82) is 0 Å². The van der Waals surface area contributed by atoms with Gasteiger partial charge in [-0.1, -0.05) is 11.6 Å². The van der Waals surface area contributed by atoms with E-state index in [0.717, 1.165) is 17.3 Å².